The highest BCUT2D eigenvalue weighted by Gasteiger charge is 2.01. The number of hydrogen-bond acceptors (Lipinski definition) is 3. The zero-order chi connectivity index (χ0) is 13.2. The summed E-state index contributed by atoms with van der Waals surface area (Å²) in [4.78, 5) is 11.5. The molecule has 1 amide bonds. The van der Waals surface area contributed by atoms with E-state index in [9.17, 15) is 4.79 Å². The predicted molar refractivity (Wildman–Crippen MR) is 72.4 cm³/mol. The first kappa shape index (κ1) is 14.7. The van der Waals surface area contributed by atoms with Crippen LogP contribution in [0.1, 0.15) is 17.5 Å². The largest absolute Gasteiger partial charge is 0.378 e. The number of amides is 1. The third-order valence-corrected chi connectivity index (χ3v) is 2.59. The number of ether oxygens (including phenoxy) is 1. The third-order valence-electron chi connectivity index (χ3n) is 2.59. The first-order valence-electron chi connectivity index (χ1n) is 6.32. The summed E-state index contributed by atoms with van der Waals surface area (Å²) in [6.45, 7) is 4.18. The summed E-state index contributed by atoms with van der Waals surface area (Å²) in [5.41, 5.74) is 7.71. The van der Waals surface area contributed by atoms with Gasteiger partial charge in [-0.3, -0.25) is 4.79 Å². The summed E-state index contributed by atoms with van der Waals surface area (Å²) in [7, 11) is 0. The van der Waals surface area contributed by atoms with Crippen molar-refractivity contribution in [2.45, 2.75) is 19.8 Å². The Balaban J connectivity index is 2.11. The maximum absolute atomic E-state index is 11.5. The number of hydrogen-bond donors (Lipinski definition) is 2. The highest BCUT2D eigenvalue weighted by atomic mass is 16.5. The Hall–Kier alpha value is -1.39. The molecule has 0 unspecified atom stereocenters. The van der Waals surface area contributed by atoms with Gasteiger partial charge in [0.1, 0.15) is 0 Å². The van der Waals surface area contributed by atoms with E-state index in [4.69, 9.17) is 10.5 Å². The van der Waals surface area contributed by atoms with Crippen molar-refractivity contribution in [3.63, 3.8) is 0 Å². The van der Waals surface area contributed by atoms with Crippen LogP contribution in [-0.2, 0) is 16.0 Å². The van der Waals surface area contributed by atoms with Gasteiger partial charge in [0.05, 0.1) is 13.2 Å². The van der Waals surface area contributed by atoms with E-state index in [1.54, 1.807) is 0 Å². The smallest absolute Gasteiger partial charge is 0.220 e. The summed E-state index contributed by atoms with van der Waals surface area (Å²) >= 11 is 0. The van der Waals surface area contributed by atoms with Gasteiger partial charge in [-0.05, 0) is 18.9 Å². The first-order valence-corrected chi connectivity index (χ1v) is 6.32. The molecule has 0 saturated heterocycles. The van der Waals surface area contributed by atoms with Gasteiger partial charge in [0, 0.05) is 19.5 Å². The molecule has 1 rings (SSSR count). The van der Waals surface area contributed by atoms with E-state index in [-0.39, 0.29) is 5.91 Å². The minimum Gasteiger partial charge on any atom is -0.378 e. The molecular weight excluding hydrogens is 228 g/mol. The van der Waals surface area contributed by atoms with Crippen LogP contribution in [-0.4, -0.2) is 32.2 Å². The van der Waals surface area contributed by atoms with E-state index < -0.39 is 0 Å². The van der Waals surface area contributed by atoms with Crippen molar-refractivity contribution in [1.82, 2.24) is 5.32 Å². The second kappa shape index (κ2) is 8.66. The van der Waals surface area contributed by atoms with Crippen molar-refractivity contribution < 1.29 is 9.53 Å². The molecule has 100 valence electrons. The molecule has 3 N–H and O–H groups in total. The zero-order valence-corrected chi connectivity index (χ0v) is 10.9. The lowest BCUT2D eigenvalue weighted by Crippen LogP contribution is -2.28. The summed E-state index contributed by atoms with van der Waals surface area (Å²) in [6.07, 6.45) is 1.29. The lowest BCUT2D eigenvalue weighted by Gasteiger charge is -2.06. The minimum absolute atomic E-state index is 0.0620. The fraction of sp³-hybridized carbons (Fsp3) is 0.500. The van der Waals surface area contributed by atoms with Gasteiger partial charge in [0.15, 0.2) is 0 Å². The Morgan fingerprint density at radius 1 is 1.28 bits per heavy atom. The molecule has 0 heterocycles. The van der Waals surface area contributed by atoms with Crippen LogP contribution >= 0.6 is 0 Å². The van der Waals surface area contributed by atoms with Gasteiger partial charge in [-0.1, -0.05) is 29.8 Å². The minimum atomic E-state index is 0.0620. The van der Waals surface area contributed by atoms with Crippen molar-refractivity contribution in [3.8, 4) is 0 Å². The van der Waals surface area contributed by atoms with Crippen molar-refractivity contribution in [1.29, 1.82) is 0 Å². The Morgan fingerprint density at radius 3 is 2.67 bits per heavy atom. The first-order chi connectivity index (χ1) is 8.72. The van der Waals surface area contributed by atoms with Gasteiger partial charge in [-0.2, -0.15) is 0 Å². The van der Waals surface area contributed by atoms with Crippen LogP contribution in [0.5, 0.6) is 0 Å². The van der Waals surface area contributed by atoms with Gasteiger partial charge >= 0.3 is 0 Å². The Labute approximate surface area is 109 Å². The molecule has 0 radical (unpaired) electrons. The van der Waals surface area contributed by atoms with Crippen molar-refractivity contribution in [3.05, 3.63) is 35.4 Å². The molecule has 0 bridgehead atoms. The fourth-order valence-corrected chi connectivity index (χ4v) is 1.55. The van der Waals surface area contributed by atoms with Gasteiger partial charge in [-0.15, -0.1) is 0 Å². The zero-order valence-electron chi connectivity index (χ0n) is 10.9. The molecule has 0 aliphatic carbocycles. The van der Waals surface area contributed by atoms with E-state index in [1.807, 2.05) is 0 Å². The van der Waals surface area contributed by atoms with E-state index in [0.717, 1.165) is 6.42 Å². The van der Waals surface area contributed by atoms with Gasteiger partial charge in [0.2, 0.25) is 5.91 Å². The number of nitrogens with one attached hydrogen (secondary N) is 1. The van der Waals surface area contributed by atoms with Crippen LogP contribution in [0.3, 0.4) is 0 Å². The highest BCUT2D eigenvalue weighted by Crippen LogP contribution is 2.05. The SMILES string of the molecule is Cc1ccc(CCC(=O)NCCOCCN)cc1. The summed E-state index contributed by atoms with van der Waals surface area (Å²) in [5.74, 6) is 0.0620. The van der Waals surface area contributed by atoms with E-state index >= 15 is 0 Å². The number of carbonyl (C=O) groups is 1. The van der Waals surface area contributed by atoms with Crippen LogP contribution in [0.4, 0.5) is 0 Å². The molecule has 0 spiro atoms. The average molecular weight is 250 g/mol. The maximum Gasteiger partial charge on any atom is 0.220 e. The molecule has 4 nitrogen and oxygen atoms in total. The fourth-order valence-electron chi connectivity index (χ4n) is 1.55. The highest BCUT2D eigenvalue weighted by molar-refractivity contribution is 5.76. The Bertz CT molecular complexity index is 349. The molecule has 0 fully saturated rings. The lowest BCUT2D eigenvalue weighted by molar-refractivity contribution is -0.121. The lowest BCUT2D eigenvalue weighted by atomic mass is 10.1. The molecule has 0 aliphatic rings. The molecule has 1 aromatic carbocycles. The maximum atomic E-state index is 11.5. The van der Waals surface area contributed by atoms with Crippen LogP contribution < -0.4 is 11.1 Å². The van der Waals surface area contributed by atoms with Gasteiger partial charge in [-0.25, -0.2) is 0 Å². The van der Waals surface area contributed by atoms with E-state index in [1.165, 1.54) is 11.1 Å². The molecule has 0 aromatic heterocycles. The van der Waals surface area contributed by atoms with Gasteiger partial charge in [0.25, 0.3) is 0 Å². The number of benzene rings is 1. The molecule has 1 aromatic rings. The third kappa shape index (κ3) is 6.37. The predicted octanol–water partition coefficient (Wildman–Crippen LogP) is 1.02. The summed E-state index contributed by atoms with van der Waals surface area (Å²) < 4.78 is 5.17. The second-order valence-corrected chi connectivity index (χ2v) is 4.24. The average Bonchev–Trinajstić information content (AvgIpc) is 2.38. The normalized spacial score (nSPS) is 10.3. The molecule has 0 atom stereocenters. The molecule has 0 saturated carbocycles. The quantitative estimate of drug-likeness (QED) is 0.677. The Morgan fingerprint density at radius 2 is 2.00 bits per heavy atom. The topological polar surface area (TPSA) is 64.3 Å². The molecular formula is C14H22N2O2. The van der Waals surface area contributed by atoms with Crippen molar-refractivity contribution in [2.24, 2.45) is 5.73 Å². The van der Waals surface area contributed by atoms with Crippen LogP contribution in [0, 0.1) is 6.92 Å². The Kier molecular flexibility index (Phi) is 7.06. The van der Waals surface area contributed by atoms with Crippen molar-refractivity contribution in [2.75, 3.05) is 26.3 Å². The van der Waals surface area contributed by atoms with Crippen LogP contribution in [0.15, 0.2) is 24.3 Å². The number of nitrogens with two attached hydrogens (primary N) is 1. The van der Waals surface area contributed by atoms with E-state index in [0.29, 0.717) is 32.7 Å². The number of aryl methyl sites for hydroxylation is 2. The van der Waals surface area contributed by atoms with Crippen LogP contribution in [0.25, 0.3) is 0 Å². The summed E-state index contributed by atoms with van der Waals surface area (Å²) in [5, 5.41) is 2.82. The second-order valence-electron chi connectivity index (χ2n) is 4.24. The molecule has 4 heteroatoms. The van der Waals surface area contributed by atoms with Gasteiger partial charge < -0.3 is 15.8 Å². The standard InChI is InChI=1S/C14H22N2O2/c1-12-2-4-13(5-3-12)6-7-14(17)16-9-11-18-10-8-15/h2-5H,6-11,15H2,1H3,(H,16,17). The monoisotopic (exact) mass is 250 g/mol. The summed E-state index contributed by atoms with van der Waals surface area (Å²) in [6, 6.07) is 8.25. The molecule has 18 heavy (non-hydrogen) atoms. The van der Waals surface area contributed by atoms with E-state index in [2.05, 4.69) is 36.5 Å². The number of rotatable bonds is 8. The van der Waals surface area contributed by atoms with Crippen molar-refractivity contribution >= 4 is 5.91 Å². The van der Waals surface area contributed by atoms with Crippen LogP contribution in [0.2, 0.25) is 0 Å². The number of carbonyl (C=O) groups excluding carboxylic acids is 1. The molecule has 0 aliphatic heterocycles.